The molecule has 1 unspecified atom stereocenters. The highest BCUT2D eigenvalue weighted by Gasteiger charge is 2.23. The minimum atomic E-state index is -0.708. The second-order valence-corrected chi connectivity index (χ2v) is 2.50. The van der Waals surface area contributed by atoms with E-state index in [9.17, 15) is 4.79 Å². The molecule has 0 spiro atoms. The molecule has 0 saturated carbocycles. The van der Waals surface area contributed by atoms with Gasteiger partial charge in [-0.1, -0.05) is 0 Å². The van der Waals surface area contributed by atoms with Crippen LogP contribution in [0.25, 0.3) is 0 Å². The molecule has 0 fully saturated rings. The molecule has 8 heavy (non-hydrogen) atoms. The summed E-state index contributed by atoms with van der Waals surface area (Å²) in [6, 6.07) is 0. The van der Waals surface area contributed by atoms with Crippen LogP contribution in [0, 0.1) is 5.41 Å². The van der Waals surface area contributed by atoms with E-state index in [1.807, 2.05) is 0 Å². The fourth-order valence-corrected chi connectivity index (χ4v) is 0.0853. The first kappa shape index (κ1) is 7.63. The first-order valence-corrected chi connectivity index (χ1v) is 2.58. The lowest BCUT2D eigenvalue weighted by atomic mass is 9.90. The van der Waals surface area contributed by atoms with Gasteiger partial charge in [0.1, 0.15) is 0 Å². The molecule has 0 bridgehead atoms. The molecule has 0 aromatic heterocycles. The van der Waals surface area contributed by atoms with Crippen molar-refractivity contribution in [1.29, 1.82) is 0 Å². The minimum absolute atomic E-state index is 0.611. The molecule has 1 N–H and O–H groups in total. The Morgan fingerprint density at radius 3 is 2.00 bits per heavy atom. The average Bonchev–Trinajstić information content (AvgIpc) is 1.67. The molecule has 47 valence electrons. The highest BCUT2D eigenvalue weighted by molar-refractivity contribution is 5.59. The summed E-state index contributed by atoms with van der Waals surface area (Å²) >= 11 is 0. The number of aliphatic hydroxyl groups excluding tert-OH is 1. The summed E-state index contributed by atoms with van der Waals surface area (Å²) < 4.78 is 0. The molecule has 0 heterocycles. The van der Waals surface area contributed by atoms with Gasteiger partial charge in [-0.05, 0) is 20.8 Å². The van der Waals surface area contributed by atoms with Crippen molar-refractivity contribution < 1.29 is 9.90 Å². The molecule has 0 aliphatic rings. The molecule has 2 nitrogen and oxygen atoms in total. The van der Waals surface area contributed by atoms with Gasteiger partial charge in [-0.2, -0.15) is 0 Å². The van der Waals surface area contributed by atoms with Crippen LogP contribution in [0.1, 0.15) is 20.8 Å². The van der Waals surface area contributed by atoms with Gasteiger partial charge in [0, 0.05) is 0 Å². The zero-order valence-electron chi connectivity index (χ0n) is 5.43. The summed E-state index contributed by atoms with van der Waals surface area (Å²) in [5.41, 5.74) is -0.708. The van der Waals surface area contributed by atoms with E-state index < -0.39 is 11.5 Å². The van der Waals surface area contributed by atoms with E-state index >= 15 is 0 Å². The van der Waals surface area contributed by atoms with Crippen molar-refractivity contribution in [1.82, 2.24) is 0 Å². The van der Waals surface area contributed by atoms with E-state index in [1.54, 1.807) is 27.1 Å². The Labute approximate surface area is 49.5 Å². The fraction of sp³-hybridized carbons (Fsp3) is 0.833. The Morgan fingerprint density at radius 1 is 1.62 bits per heavy atom. The zero-order chi connectivity index (χ0) is 6.78. The molecule has 0 aromatic carbocycles. The van der Waals surface area contributed by atoms with Gasteiger partial charge in [0.25, 0.3) is 0 Å². The number of hydrogen-bond donors (Lipinski definition) is 1. The molecular weight excluding hydrogens is 104 g/mol. The first-order valence-electron chi connectivity index (χ1n) is 2.58. The summed E-state index contributed by atoms with van der Waals surface area (Å²) in [6.45, 7) is 4.86. The minimum Gasteiger partial charge on any atom is -0.392 e. The topological polar surface area (TPSA) is 37.3 Å². The van der Waals surface area contributed by atoms with Crippen molar-refractivity contribution in [3.8, 4) is 0 Å². The maximum atomic E-state index is 9.98. The standard InChI is InChI=1S/C6H11O2/c1-5(8)6(2,3)4-7/h5,8H,1-3H3. The molecule has 0 aliphatic carbocycles. The molecule has 0 amide bonds. The lowest BCUT2D eigenvalue weighted by molar-refractivity contribution is 0.110. The Balaban J connectivity index is 3.90. The van der Waals surface area contributed by atoms with Crippen LogP contribution in [-0.2, 0) is 4.79 Å². The first-order chi connectivity index (χ1) is 3.50. The molecule has 1 radical (unpaired) electrons. The molecule has 0 aliphatic heterocycles. The zero-order valence-corrected chi connectivity index (χ0v) is 5.43. The third-order valence-electron chi connectivity index (χ3n) is 1.31. The molecular formula is C6H11O2. The van der Waals surface area contributed by atoms with Crippen LogP contribution < -0.4 is 0 Å². The summed E-state index contributed by atoms with van der Waals surface area (Å²) in [5.74, 6) is 0. The lowest BCUT2D eigenvalue weighted by Crippen LogP contribution is -2.27. The van der Waals surface area contributed by atoms with E-state index in [0.717, 1.165) is 0 Å². The van der Waals surface area contributed by atoms with Gasteiger partial charge in [-0.3, -0.25) is 4.79 Å². The quantitative estimate of drug-likeness (QED) is 0.569. The van der Waals surface area contributed by atoms with Crippen molar-refractivity contribution in [3.63, 3.8) is 0 Å². The van der Waals surface area contributed by atoms with Crippen LogP contribution in [0.2, 0.25) is 0 Å². The normalized spacial score (nSPS) is 15.5. The molecule has 0 saturated heterocycles. The Kier molecular flexibility index (Phi) is 2.16. The average molecular weight is 115 g/mol. The lowest BCUT2D eigenvalue weighted by Gasteiger charge is -2.18. The summed E-state index contributed by atoms with van der Waals surface area (Å²) in [6.07, 6.45) is 1.13. The smallest absolute Gasteiger partial charge is 0.207 e. The van der Waals surface area contributed by atoms with Crippen molar-refractivity contribution >= 4 is 6.29 Å². The SMILES string of the molecule is CC(O)C(C)(C)[C]=O. The number of carbonyl (C=O) groups excluding carboxylic acids is 1. The van der Waals surface area contributed by atoms with Crippen LogP contribution in [-0.4, -0.2) is 17.5 Å². The van der Waals surface area contributed by atoms with Gasteiger partial charge in [-0.25, -0.2) is 0 Å². The predicted molar refractivity (Wildman–Crippen MR) is 31.2 cm³/mol. The summed E-state index contributed by atoms with van der Waals surface area (Å²) in [7, 11) is 0. The molecule has 0 aromatic rings. The number of aliphatic hydroxyl groups is 1. The highest BCUT2D eigenvalue weighted by atomic mass is 16.3. The summed E-state index contributed by atoms with van der Waals surface area (Å²) in [5, 5.41) is 8.82. The van der Waals surface area contributed by atoms with Crippen molar-refractivity contribution in [2.24, 2.45) is 5.41 Å². The monoisotopic (exact) mass is 115 g/mol. The van der Waals surface area contributed by atoms with E-state index in [0.29, 0.717) is 0 Å². The van der Waals surface area contributed by atoms with E-state index in [1.165, 1.54) is 0 Å². The fourth-order valence-electron chi connectivity index (χ4n) is 0.0853. The van der Waals surface area contributed by atoms with Crippen LogP contribution in [0.4, 0.5) is 0 Å². The van der Waals surface area contributed by atoms with Crippen molar-refractivity contribution in [2.75, 3.05) is 0 Å². The Morgan fingerprint density at radius 2 is 2.00 bits per heavy atom. The van der Waals surface area contributed by atoms with Crippen molar-refractivity contribution in [2.45, 2.75) is 26.9 Å². The van der Waals surface area contributed by atoms with Gasteiger partial charge in [0.15, 0.2) is 0 Å². The van der Waals surface area contributed by atoms with Crippen molar-refractivity contribution in [3.05, 3.63) is 0 Å². The second kappa shape index (κ2) is 2.27. The maximum Gasteiger partial charge on any atom is 0.207 e. The van der Waals surface area contributed by atoms with Crippen LogP contribution in [0.15, 0.2) is 0 Å². The van der Waals surface area contributed by atoms with Gasteiger partial charge >= 0.3 is 0 Å². The highest BCUT2D eigenvalue weighted by Crippen LogP contribution is 2.15. The third kappa shape index (κ3) is 1.62. The van der Waals surface area contributed by atoms with Gasteiger partial charge in [-0.15, -0.1) is 0 Å². The maximum absolute atomic E-state index is 9.98. The van der Waals surface area contributed by atoms with E-state index in [-0.39, 0.29) is 0 Å². The van der Waals surface area contributed by atoms with Crippen LogP contribution >= 0.6 is 0 Å². The van der Waals surface area contributed by atoms with Gasteiger partial charge in [0.2, 0.25) is 6.29 Å². The molecule has 2 heteroatoms. The van der Waals surface area contributed by atoms with E-state index in [4.69, 9.17) is 5.11 Å². The Hall–Kier alpha value is -0.370. The van der Waals surface area contributed by atoms with Crippen LogP contribution in [0.3, 0.4) is 0 Å². The largest absolute Gasteiger partial charge is 0.392 e. The predicted octanol–water partition coefficient (Wildman–Crippen LogP) is 0.503. The third-order valence-corrected chi connectivity index (χ3v) is 1.31. The van der Waals surface area contributed by atoms with Crippen LogP contribution in [0.5, 0.6) is 0 Å². The second-order valence-electron chi connectivity index (χ2n) is 2.50. The molecule has 1 atom stereocenters. The van der Waals surface area contributed by atoms with Gasteiger partial charge < -0.3 is 5.11 Å². The Bertz CT molecular complexity index is 84.5. The van der Waals surface area contributed by atoms with E-state index in [2.05, 4.69) is 0 Å². The number of hydrogen-bond acceptors (Lipinski definition) is 2. The van der Waals surface area contributed by atoms with Gasteiger partial charge in [0.05, 0.1) is 11.5 Å². The number of rotatable bonds is 2. The summed E-state index contributed by atoms with van der Waals surface area (Å²) in [4.78, 5) is 9.98. The molecule has 0 rings (SSSR count).